The fourth-order valence-electron chi connectivity index (χ4n) is 1.43. The third-order valence-corrected chi connectivity index (χ3v) is 2.24. The SMILES string of the molecule is COc1ccc(CNCC(C)N)cc1OC. The van der Waals surface area contributed by atoms with Crippen molar-refractivity contribution in [2.45, 2.75) is 19.5 Å². The minimum absolute atomic E-state index is 0.167. The molecule has 1 aromatic rings. The molecule has 1 aromatic carbocycles. The van der Waals surface area contributed by atoms with E-state index in [9.17, 15) is 0 Å². The Bertz CT molecular complexity index is 327. The lowest BCUT2D eigenvalue weighted by Crippen LogP contribution is -2.30. The molecule has 0 aliphatic carbocycles. The van der Waals surface area contributed by atoms with Crippen molar-refractivity contribution in [2.75, 3.05) is 20.8 Å². The maximum atomic E-state index is 5.65. The lowest BCUT2D eigenvalue weighted by molar-refractivity contribution is 0.354. The number of rotatable bonds is 6. The summed E-state index contributed by atoms with van der Waals surface area (Å²) in [5.41, 5.74) is 6.80. The highest BCUT2D eigenvalue weighted by Gasteiger charge is 2.04. The second-order valence-electron chi connectivity index (χ2n) is 3.80. The second kappa shape index (κ2) is 6.35. The summed E-state index contributed by atoms with van der Waals surface area (Å²) < 4.78 is 10.4. The summed E-state index contributed by atoms with van der Waals surface area (Å²) in [5, 5.41) is 3.27. The van der Waals surface area contributed by atoms with Crippen LogP contribution in [0.25, 0.3) is 0 Å². The van der Waals surface area contributed by atoms with Crippen LogP contribution >= 0.6 is 0 Å². The molecule has 0 fully saturated rings. The van der Waals surface area contributed by atoms with Crippen LogP contribution in [0.5, 0.6) is 11.5 Å². The predicted molar refractivity (Wildman–Crippen MR) is 64.9 cm³/mol. The van der Waals surface area contributed by atoms with Crippen molar-refractivity contribution in [1.82, 2.24) is 5.32 Å². The van der Waals surface area contributed by atoms with Gasteiger partial charge in [0, 0.05) is 19.1 Å². The molecular formula is C12H20N2O2. The van der Waals surface area contributed by atoms with Crippen molar-refractivity contribution in [1.29, 1.82) is 0 Å². The molecule has 1 atom stereocenters. The standard InChI is InChI=1S/C12H20N2O2/c1-9(13)7-14-8-10-4-5-11(15-2)12(6-10)16-3/h4-6,9,14H,7-8,13H2,1-3H3. The van der Waals surface area contributed by atoms with E-state index in [2.05, 4.69) is 5.32 Å². The Morgan fingerprint density at radius 3 is 2.50 bits per heavy atom. The van der Waals surface area contributed by atoms with E-state index >= 15 is 0 Å². The van der Waals surface area contributed by atoms with E-state index in [1.54, 1.807) is 14.2 Å². The van der Waals surface area contributed by atoms with Crippen LogP contribution in [0.2, 0.25) is 0 Å². The smallest absolute Gasteiger partial charge is 0.161 e. The fraction of sp³-hybridized carbons (Fsp3) is 0.500. The van der Waals surface area contributed by atoms with Gasteiger partial charge in [0.1, 0.15) is 0 Å². The predicted octanol–water partition coefficient (Wildman–Crippen LogP) is 1.14. The van der Waals surface area contributed by atoms with E-state index < -0.39 is 0 Å². The lowest BCUT2D eigenvalue weighted by atomic mass is 10.2. The Morgan fingerprint density at radius 2 is 1.94 bits per heavy atom. The first kappa shape index (κ1) is 12.8. The zero-order chi connectivity index (χ0) is 12.0. The summed E-state index contributed by atoms with van der Waals surface area (Å²) in [6.07, 6.45) is 0. The van der Waals surface area contributed by atoms with Crippen LogP contribution in [0.1, 0.15) is 12.5 Å². The van der Waals surface area contributed by atoms with E-state index in [1.165, 1.54) is 0 Å². The molecule has 1 unspecified atom stereocenters. The molecule has 1 rings (SSSR count). The van der Waals surface area contributed by atoms with Crippen LogP contribution in [-0.2, 0) is 6.54 Å². The minimum Gasteiger partial charge on any atom is -0.493 e. The Labute approximate surface area is 96.7 Å². The van der Waals surface area contributed by atoms with Gasteiger partial charge >= 0.3 is 0 Å². The molecule has 90 valence electrons. The zero-order valence-electron chi connectivity index (χ0n) is 10.1. The van der Waals surface area contributed by atoms with Crippen molar-refractivity contribution >= 4 is 0 Å². The van der Waals surface area contributed by atoms with Gasteiger partial charge < -0.3 is 20.5 Å². The third-order valence-electron chi connectivity index (χ3n) is 2.24. The van der Waals surface area contributed by atoms with E-state index in [4.69, 9.17) is 15.2 Å². The summed E-state index contributed by atoms with van der Waals surface area (Å²) in [4.78, 5) is 0. The van der Waals surface area contributed by atoms with Crippen LogP contribution in [-0.4, -0.2) is 26.8 Å². The Balaban J connectivity index is 2.60. The van der Waals surface area contributed by atoms with Crippen LogP contribution < -0.4 is 20.5 Å². The maximum absolute atomic E-state index is 5.65. The molecular weight excluding hydrogens is 204 g/mol. The van der Waals surface area contributed by atoms with Crippen LogP contribution in [0.4, 0.5) is 0 Å². The van der Waals surface area contributed by atoms with Gasteiger partial charge in [0.2, 0.25) is 0 Å². The monoisotopic (exact) mass is 224 g/mol. The summed E-state index contributed by atoms with van der Waals surface area (Å²) in [6, 6.07) is 6.05. The number of hydrogen-bond acceptors (Lipinski definition) is 4. The van der Waals surface area contributed by atoms with Gasteiger partial charge in [0.15, 0.2) is 11.5 Å². The van der Waals surface area contributed by atoms with Gasteiger partial charge in [0.05, 0.1) is 14.2 Å². The van der Waals surface area contributed by atoms with Gasteiger partial charge in [-0.2, -0.15) is 0 Å². The van der Waals surface area contributed by atoms with E-state index in [1.807, 2.05) is 25.1 Å². The molecule has 0 radical (unpaired) electrons. The Hall–Kier alpha value is -1.26. The van der Waals surface area contributed by atoms with Crippen LogP contribution in [0.15, 0.2) is 18.2 Å². The van der Waals surface area contributed by atoms with Gasteiger partial charge in [-0.1, -0.05) is 6.07 Å². The van der Waals surface area contributed by atoms with Crippen molar-refractivity contribution in [3.63, 3.8) is 0 Å². The molecule has 0 saturated carbocycles. The molecule has 0 amide bonds. The first-order chi connectivity index (χ1) is 7.67. The molecule has 3 N–H and O–H groups in total. The highest BCUT2D eigenvalue weighted by atomic mass is 16.5. The molecule has 0 aliphatic heterocycles. The molecule has 0 bridgehead atoms. The topological polar surface area (TPSA) is 56.5 Å². The number of ether oxygens (including phenoxy) is 2. The molecule has 0 heterocycles. The average molecular weight is 224 g/mol. The maximum Gasteiger partial charge on any atom is 0.161 e. The first-order valence-corrected chi connectivity index (χ1v) is 5.34. The lowest BCUT2D eigenvalue weighted by Gasteiger charge is -2.11. The number of hydrogen-bond donors (Lipinski definition) is 2. The number of methoxy groups -OCH3 is 2. The molecule has 0 aromatic heterocycles. The van der Waals surface area contributed by atoms with Crippen molar-refractivity contribution in [3.8, 4) is 11.5 Å². The van der Waals surface area contributed by atoms with Crippen molar-refractivity contribution < 1.29 is 9.47 Å². The summed E-state index contributed by atoms with van der Waals surface area (Å²) in [7, 11) is 3.27. The normalized spacial score (nSPS) is 12.2. The molecule has 0 saturated heterocycles. The number of benzene rings is 1. The second-order valence-corrected chi connectivity index (χ2v) is 3.80. The van der Waals surface area contributed by atoms with E-state index in [-0.39, 0.29) is 6.04 Å². The fourth-order valence-corrected chi connectivity index (χ4v) is 1.43. The Morgan fingerprint density at radius 1 is 1.25 bits per heavy atom. The number of nitrogens with two attached hydrogens (primary N) is 1. The highest BCUT2D eigenvalue weighted by Crippen LogP contribution is 2.27. The number of nitrogens with one attached hydrogen (secondary N) is 1. The van der Waals surface area contributed by atoms with Gasteiger partial charge in [-0.05, 0) is 24.6 Å². The van der Waals surface area contributed by atoms with Crippen molar-refractivity contribution in [3.05, 3.63) is 23.8 Å². The van der Waals surface area contributed by atoms with Gasteiger partial charge in [0.25, 0.3) is 0 Å². The molecule has 4 nitrogen and oxygen atoms in total. The summed E-state index contributed by atoms with van der Waals surface area (Å²) >= 11 is 0. The third kappa shape index (κ3) is 3.72. The minimum atomic E-state index is 0.167. The van der Waals surface area contributed by atoms with Crippen LogP contribution in [0, 0.1) is 0 Å². The van der Waals surface area contributed by atoms with Gasteiger partial charge in [-0.25, -0.2) is 0 Å². The van der Waals surface area contributed by atoms with E-state index in [0.717, 1.165) is 30.2 Å². The summed E-state index contributed by atoms with van der Waals surface area (Å²) in [5.74, 6) is 1.50. The highest BCUT2D eigenvalue weighted by molar-refractivity contribution is 5.42. The first-order valence-electron chi connectivity index (χ1n) is 5.34. The largest absolute Gasteiger partial charge is 0.493 e. The molecule has 16 heavy (non-hydrogen) atoms. The van der Waals surface area contributed by atoms with E-state index in [0.29, 0.717) is 0 Å². The summed E-state index contributed by atoms with van der Waals surface area (Å²) in [6.45, 7) is 3.55. The molecule has 0 spiro atoms. The van der Waals surface area contributed by atoms with Gasteiger partial charge in [-0.3, -0.25) is 0 Å². The zero-order valence-corrected chi connectivity index (χ0v) is 10.1. The Kier molecular flexibility index (Phi) is 5.08. The molecule has 4 heteroatoms. The van der Waals surface area contributed by atoms with Crippen molar-refractivity contribution in [2.24, 2.45) is 5.73 Å². The molecule has 0 aliphatic rings. The van der Waals surface area contributed by atoms with Gasteiger partial charge in [-0.15, -0.1) is 0 Å². The quantitative estimate of drug-likeness (QED) is 0.761. The average Bonchev–Trinajstić information content (AvgIpc) is 2.28. The van der Waals surface area contributed by atoms with Crippen LogP contribution in [0.3, 0.4) is 0 Å².